The first kappa shape index (κ1) is 15.9. The van der Waals surface area contributed by atoms with Gasteiger partial charge in [-0.3, -0.25) is 4.79 Å². The molecule has 0 aliphatic rings. The van der Waals surface area contributed by atoms with Crippen LogP contribution in [0.1, 0.15) is 32.7 Å². The molecule has 0 saturated heterocycles. The number of hydrogen-bond acceptors (Lipinski definition) is 3. The molecular weight excluding hydrogens is 285 g/mol. The molecule has 2 aromatic rings. The zero-order valence-electron chi connectivity index (χ0n) is 13.1. The quantitative estimate of drug-likeness (QED) is 0.819. The van der Waals surface area contributed by atoms with Gasteiger partial charge in [-0.1, -0.05) is 12.1 Å². The first-order valence-corrected chi connectivity index (χ1v) is 6.88. The highest BCUT2D eigenvalue weighted by molar-refractivity contribution is 5.90. The molecule has 1 aromatic carbocycles. The summed E-state index contributed by atoms with van der Waals surface area (Å²) in [7, 11) is 2.85. The molecule has 1 aromatic heterocycles. The van der Waals surface area contributed by atoms with Crippen LogP contribution in [0.2, 0.25) is 0 Å². The van der Waals surface area contributed by atoms with Crippen molar-refractivity contribution in [2.24, 2.45) is 7.05 Å². The van der Waals surface area contributed by atoms with E-state index in [1.54, 1.807) is 33.0 Å². The number of esters is 1. The second-order valence-corrected chi connectivity index (χ2v) is 5.32. The van der Waals surface area contributed by atoms with E-state index in [0.29, 0.717) is 16.8 Å². The molecule has 4 nitrogen and oxygen atoms in total. The number of pyridine rings is 1. The summed E-state index contributed by atoms with van der Waals surface area (Å²) in [6.07, 6.45) is 0.141. The fourth-order valence-electron chi connectivity index (χ4n) is 2.41. The molecular formula is C17H18FNO3. The molecule has 5 heteroatoms. The highest BCUT2D eigenvalue weighted by Gasteiger charge is 2.18. The standard InChI is InChI=1S/C17H18FNO3/c1-10-5-6-12(14(18)7-10)9-15-13(17(21)22-4)8-11(2)16(20)19(15)3/h5-8H,9H2,1-4H3. The van der Waals surface area contributed by atoms with Crippen molar-refractivity contribution in [3.05, 3.63) is 68.4 Å². The number of rotatable bonds is 3. The number of methoxy groups -OCH3 is 1. The van der Waals surface area contributed by atoms with Gasteiger partial charge in [0.1, 0.15) is 5.82 Å². The summed E-state index contributed by atoms with van der Waals surface area (Å²) in [6.45, 7) is 3.43. The molecule has 22 heavy (non-hydrogen) atoms. The molecule has 0 fully saturated rings. The van der Waals surface area contributed by atoms with Gasteiger partial charge in [-0.15, -0.1) is 0 Å². The lowest BCUT2D eigenvalue weighted by Gasteiger charge is -2.14. The zero-order valence-corrected chi connectivity index (χ0v) is 13.1. The summed E-state index contributed by atoms with van der Waals surface area (Å²) in [5, 5.41) is 0. The topological polar surface area (TPSA) is 48.3 Å². The molecule has 0 saturated carbocycles. The number of halogens is 1. The first-order valence-electron chi connectivity index (χ1n) is 6.88. The van der Waals surface area contributed by atoms with Crippen molar-refractivity contribution in [3.8, 4) is 0 Å². The van der Waals surface area contributed by atoms with E-state index in [1.807, 2.05) is 0 Å². The third kappa shape index (κ3) is 2.93. The molecule has 0 amide bonds. The Hall–Kier alpha value is -2.43. The lowest BCUT2D eigenvalue weighted by Crippen LogP contribution is -2.26. The predicted octanol–water partition coefficient (Wildman–Crippen LogP) is 2.52. The van der Waals surface area contributed by atoms with E-state index in [4.69, 9.17) is 4.74 Å². The van der Waals surface area contributed by atoms with Crippen LogP contribution in [0, 0.1) is 19.7 Å². The molecule has 2 rings (SSSR count). The van der Waals surface area contributed by atoms with E-state index in [9.17, 15) is 14.0 Å². The molecule has 116 valence electrons. The van der Waals surface area contributed by atoms with Crippen molar-refractivity contribution in [3.63, 3.8) is 0 Å². The average Bonchev–Trinajstić information content (AvgIpc) is 2.49. The van der Waals surface area contributed by atoms with Crippen LogP contribution in [-0.4, -0.2) is 17.6 Å². The van der Waals surface area contributed by atoms with Gasteiger partial charge in [0.15, 0.2) is 0 Å². The van der Waals surface area contributed by atoms with E-state index < -0.39 is 5.97 Å². The maximum atomic E-state index is 14.1. The maximum absolute atomic E-state index is 14.1. The van der Waals surface area contributed by atoms with Gasteiger partial charge in [-0.05, 0) is 37.1 Å². The van der Waals surface area contributed by atoms with Gasteiger partial charge < -0.3 is 9.30 Å². The summed E-state index contributed by atoms with van der Waals surface area (Å²) in [4.78, 5) is 24.0. The van der Waals surface area contributed by atoms with E-state index in [2.05, 4.69) is 0 Å². The van der Waals surface area contributed by atoms with Crippen LogP contribution in [-0.2, 0) is 18.2 Å². The highest BCUT2D eigenvalue weighted by Crippen LogP contribution is 2.18. The molecule has 0 aliphatic heterocycles. The van der Waals surface area contributed by atoms with E-state index in [1.165, 1.54) is 23.8 Å². The Bertz CT molecular complexity index is 793. The summed E-state index contributed by atoms with van der Waals surface area (Å²) >= 11 is 0. The van der Waals surface area contributed by atoms with Crippen LogP contribution in [0.4, 0.5) is 4.39 Å². The lowest BCUT2D eigenvalue weighted by atomic mass is 10.0. The molecule has 1 heterocycles. The van der Waals surface area contributed by atoms with Gasteiger partial charge in [0.05, 0.1) is 12.7 Å². The summed E-state index contributed by atoms with van der Waals surface area (Å²) in [6, 6.07) is 6.38. The number of aromatic nitrogens is 1. The Kier molecular flexibility index (Phi) is 4.45. The number of carbonyl (C=O) groups excluding carboxylic acids is 1. The molecule has 0 spiro atoms. The first-order chi connectivity index (χ1) is 10.3. The number of carbonyl (C=O) groups is 1. The number of nitrogens with zero attached hydrogens (tertiary/aromatic N) is 1. The molecule has 0 atom stereocenters. The van der Waals surface area contributed by atoms with Crippen LogP contribution in [0.15, 0.2) is 29.1 Å². The molecule has 0 unspecified atom stereocenters. The Balaban J connectivity index is 2.60. The van der Waals surface area contributed by atoms with Crippen molar-refractivity contribution in [2.75, 3.05) is 7.11 Å². The second kappa shape index (κ2) is 6.13. The predicted molar refractivity (Wildman–Crippen MR) is 81.7 cm³/mol. The number of aryl methyl sites for hydroxylation is 2. The van der Waals surface area contributed by atoms with Gasteiger partial charge in [0.2, 0.25) is 0 Å². The fourth-order valence-corrected chi connectivity index (χ4v) is 2.41. The van der Waals surface area contributed by atoms with Crippen molar-refractivity contribution in [1.29, 1.82) is 0 Å². The van der Waals surface area contributed by atoms with Crippen LogP contribution < -0.4 is 5.56 Å². The monoisotopic (exact) mass is 303 g/mol. The van der Waals surface area contributed by atoms with Crippen molar-refractivity contribution in [2.45, 2.75) is 20.3 Å². The molecule has 0 aliphatic carbocycles. The summed E-state index contributed by atoms with van der Waals surface area (Å²) in [5.74, 6) is -0.898. The smallest absolute Gasteiger partial charge is 0.339 e. The Labute approximate surface area is 128 Å². The minimum atomic E-state index is -0.541. The van der Waals surface area contributed by atoms with Crippen LogP contribution in [0.5, 0.6) is 0 Å². The van der Waals surface area contributed by atoms with Gasteiger partial charge in [0.25, 0.3) is 5.56 Å². The maximum Gasteiger partial charge on any atom is 0.339 e. The largest absolute Gasteiger partial charge is 0.465 e. The third-order valence-corrected chi connectivity index (χ3v) is 3.69. The van der Waals surface area contributed by atoms with Crippen LogP contribution in [0.25, 0.3) is 0 Å². The minimum absolute atomic E-state index is 0.141. The van der Waals surface area contributed by atoms with Crippen molar-refractivity contribution in [1.82, 2.24) is 4.57 Å². The van der Waals surface area contributed by atoms with Gasteiger partial charge in [-0.25, -0.2) is 9.18 Å². The molecule has 0 radical (unpaired) electrons. The SMILES string of the molecule is COC(=O)c1cc(C)c(=O)n(C)c1Cc1ccc(C)cc1F. The van der Waals surface area contributed by atoms with Crippen molar-refractivity contribution >= 4 is 5.97 Å². The van der Waals surface area contributed by atoms with Crippen molar-refractivity contribution < 1.29 is 13.9 Å². The van der Waals surface area contributed by atoms with Gasteiger partial charge in [0, 0.05) is 24.7 Å². The highest BCUT2D eigenvalue weighted by atomic mass is 19.1. The number of hydrogen-bond donors (Lipinski definition) is 0. The fraction of sp³-hybridized carbons (Fsp3) is 0.294. The van der Waals surface area contributed by atoms with Gasteiger partial charge >= 0.3 is 5.97 Å². The number of benzene rings is 1. The van der Waals surface area contributed by atoms with E-state index in [-0.39, 0.29) is 23.4 Å². The lowest BCUT2D eigenvalue weighted by molar-refractivity contribution is 0.0598. The Morgan fingerprint density at radius 1 is 1.27 bits per heavy atom. The van der Waals surface area contributed by atoms with E-state index >= 15 is 0 Å². The molecule has 0 N–H and O–H groups in total. The normalized spacial score (nSPS) is 10.6. The van der Waals surface area contributed by atoms with E-state index in [0.717, 1.165) is 5.56 Å². The Morgan fingerprint density at radius 2 is 1.95 bits per heavy atom. The third-order valence-electron chi connectivity index (χ3n) is 3.69. The average molecular weight is 303 g/mol. The molecule has 0 bridgehead atoms. The number of ether oxygens (including phenoxy) is 1. The Morgan fingerprint density at radius 3 is 2.55 bits per heavy atom. The van der Waals surface area contributed by atoms with Crippen LogP contribution in [0.3, 0.4) is 0 Å². The van der Waals surface area contributed by atoms with Gasteiger partial charge in [-0.2, -0.15) is 0 Å². The summed E-state index contributed by atoms with van der Waals surface area (Å²) in [5.41, 5.74) is 2.18. The minimum Gasteiger partial charge on any atom is -0.465 e. The zero-order chi connectivity index (χ0) is 16.4. The van der Waals surface area contributed by atoms with Crippen LogP contribution >= 0.6 is 0 Å². The summed E-state index contributed by atoms with van der Waals surface area (Å²) < 4.78 is 20.2. The second-order valence-electron chi connectivity index (χ2n) is 5.32.